The molecule has 2 fully saturated rings. The van der Waals surface area contributed by atoms with Crippen molar-refractivity contribution in [1.82, 2.24) is 25.0 Å². The van der Waals surface area contributed by atoms with Crippen LogP contribution >= 0.6 is 23.4 Å². The van der Waals surface area contributed by atoms with E-state index in [4.69, 9.17) is 11.6 Å². The number of hydrogen-bond donors (Lipinski definition) is 3. The highest BCUT2D eigenvalue weighted by molar-refractivity contribution is 7.99. The molecule has 5 rings (SSSR count). The molecule has 2 aromatic heterocycles. The van der Waals surface area contributed by atoms with E-state index >= 15 is 0 Å². The minimum absolute atomic E-state index is 0.0183. The van der Waals surface area contributed by atoms with Gasteiger partial charge in [0.1, 0.15) is 16.7 Å². The Morgan fingerprint density at radius 1 is 1.15 bits per heavy atom. The second-order valence-corrected chi connectivity index (χ2v) is 12.2. The fourth-order valence-electron chi connectivity index (χ4n) is 5.22. The average molecular weight is 600 g/mol. The summed E-state index contributed by atoms with van der Waals surface area (Å²) < 4.78 is 14.5. The molecule has 3 aromatic rings. The number of aromatic nitrogens is 3. The number of anilines is 3. The molecule has 3 heterocycles. The smallest absolute Gasteiger partial charge is 0.228 e. The third-order valence-electron chi connectivity index (χ3n) is 7.66. The number of carbonyl (C=O) groups excluding carboxylic acids is 1. The zero-order chi connectivity index (χ0) is 28.9. The number of pyridine rings is 1. The van der Waals surface area contributed by atoms with Gasteiger partial charge in [0.15, 0.2) is 0 Å². The van der Waals surface area contributed by atoms with Gasteiger partial charge in [-0.3, -0.25) is 14.6 Å². The maximum Gasteiger partial charge on any atom is 0.228 e. The van der Waals surface area contributed by atoms with Crippen molar-refractivity contribution >= 4 is 46.5 Å². The highest BCUT2D eigenvalue weighted by Crippen LogP contribution is 2.35. The first-order valence-corrected chi connectivity index (χ1v) is 15.3. The molecule has 1 amide bonds. The van der Waals surface area contributed by atoms with Crippen molar-refractivity contribution in [2.24, 2.45) is 5.92 Å². The number of thioether (sulfide) groups is 1. The lowest BCUT2D eigenvalue weighted by atomic mass is 9.78. The molecular formula is C29H35ClFN7O2S. The number of benzene rings is 1. The molecule has 1 saturated carbocycles. The molecule has 218 valence electrons. The molecule has 0 radical (unpaired) electrons. The second-order valence-electron chi connectivity index (χ2n) is 10.7. The van der Waals surface area contributed by atoms with Crippen molar-refractivity contribution in [2.45, 2.75) is 43.8 Å². The van der Waals surface area contributed by atoms with E-state index in [0.717, 1.165) is 39.0 Å². The molecule has 0 unspecified atom stereocenters. The summed E-state index contributed by atoms with van der Waals surface area (Å²) in [5.41, 5.74) is 1.79. The molecule has 3 N–H and O–H groups in total. The second kappa shape index (κ2) is 13.4. The van der Waals surface area contributed by atoms with Crippen LogP contribution in [0, 0.1) is 11.7 Å². The topological polar surface area (TPSA) is 107 Å². The number of piperazine rings is 1. The number of nitrogens with zero attached hydrogens (tertiary/aromatic N) is 5. The van der Waals surface area contributed by atoms with Gasteiger partial charge in [0.25, 0.3) is 0 Å². The molecule has 1 aliphatic heterocycles. The Kier molecular flexibility index (Phi) is 9.72. The molecule has 0 spiro atoms. The summed E-state index contributed by atoms with van der Waals surface area (Å²) in [6.45, 7) is 8.72. The third-order valence-corrected chi connectivity index (χ3v) is 8.86. The first-order valence-electron chi connectivity index (χ1n) is 13.9. The first-order chi connectivity index (χ1) is 19.8. The van der Waals surface area contributed by atoms with Crippen LogP contribution in [0.1, 0.15) is 26.7 Å². The summed E-state index contributed by atoms with van der Waals surface area (Å²) in [5, 5.41) is 25.0. The standard InChI is InChI=1S/C29H35ClFN7O2S/c1-18(2)37-7-9-38(10-8-37)22-13-19(14-22)28(40)34-27-16-21(5-6-32-27)33-26-17-25(35-36-29(26)41-12-11-39)23-15-20(30)3-4-24(23)31/h3-6,15-19,22,39H,7-14H2,1-2H3,(H2,32,33,34,35,40)/t19-,22-. The van der Waals surface area contributed by atoms with Gasteiger partial charge in [0, 0.05) is 78.5 Å². The minimum Gasteiger partial charge on any atom is -0.396 e. The Morgan fingerprint density at radius 3 is 2.66 bits per heavy atom. The number of halogens is 2. The molecule has 0 atom stereocenters. The van der Waals surface area contributed by atoms with Gasteiger partial charge in [-0.15, -0.1) is 22.0 Å². The average Bonchev–Trinajstić information content (AvgIpc) is 2.93. The number of nitrogens with one attached hydrogen (secondary N) is 2. The van der Waals surface area contributed by atoms with Gasteiger partial charge in [-0.05, 0) is 57.0 Å². The van der Waals surface area contributed by atoms with Crippen LogP contribution in [0.2, 0.25) is 5.02 Å². The SMILES string of the molecule is CC(C)N1CCN([C@H]2C[C@H](C(=O)Nc3cc(Nc4cc(-c5cc(Cl)ccc5F)nnc4SCCO)ccn3)C2)CC1. The van der Waals surface area contributed by atoms with E-state index in [1.54, 1.807) is 24.4 Å². The Balaban J connectivity index is 1.23. The normalized spacial score (nSPS) is 19.7. The summed E-state index contributed by atoms with van der Waals surface area (Å²) in [6, 6.07) is 10.5. The largest absolute Gasteiger partial charge is 0.396 e. The summed E-state index contributed by atoms with van der Waals surface area (Å²) in [7, 11) is 0. The maximum atomic E-state index is 14.5. The lowest BCUT2D eigenvalue weighted by Crippen LogP contribution is -2.56. The zero-order valence-electron chi connectivity index (χ0n) is 23.2. The van der Waals surface area contributed by atoms with E-state index in [2.05, 4.69) is 49.5 Å². The highest BCUT2D eigenvalue weighted by Gasteiger charge is 2.39. The van der Waals surface area contributed by atoms with Crippen molar-refractivity contribution in [1.29, 1.82) is 0 Å². The molecule has 9 nitrogen and oxygen atoms in total. The van der Waals surface area contributed by atoms with E-state index in [1.165, 1.54) is 30.0 Å². The summed E-state index contributed by atoms with van der Waals surface area (Å²) in [6.07, 6.45) is 3.34. The van der Waals surface area contributed by atoms with Gasteiger partial charge in [-0.25, -0.2) is 9.37 Å². The Morgan fingerprint density at radius 2 is 1.93 bits per heavy atom. The summed E-state index contributed by atoms with van der Waals surface area (Å²) in [4.78, 5) is 22.3. The fourth-order valence-corrected chi connectivity index (χ4v) is 6.04. The maximum absolute atomic E-state index is 14.5. The van der Waals surface area contributed by atoms with Crippen molar-refractivity contribution in [3.63, 3.8) is 0 Å². The van der Waals surface area contributed by atoms with Crippen molar-refractivity contribution in [2.75, 3.05) is 49.2 Å². The van der Waals surface area contributed by atoms with Crippen molar-refractivity contribution in [3.05, 3.63) is 53.4 Å². The first kappa shape index (κ1) is 29.7. The van der Waals surface area contributed by atoms with Crippen molar-refractivity contribution < 1.29 is 14.3 Å². The minimum atomic E-state index is -0.463. The van der Waals surface area contributed by atoms with E-state index in [-0.39, 0.29) is 24.0 Å². The summed E-state index contributed by atoms with van der Waals surface area (Å²) in [5.74, 6) is 0.358. The van der Waals surface area contributed by atoms with E-state index < -0.39 is 5.82 Å². The third kappa shape index (κ3) is 7.34. The number of carbonyl (C=O) groups is 1. The van der Waals surface area contributed by atoms with E-state index in [1.807, 2.05) is 0 Å². The van der Waals surface area contributed by atoms with Crippen LogP contribution in [0.5, 0.6) is 0 Å². The number of amides is 1. The van der Waals surface area contributed by atoms with Crippen LogP contribution in [0.25, 0.3) is 11.3 Å². The molecule has 1 saturated heterocycles. The van der Waals surface area contributed by atoms with Crippen LogP contribution in [0.15, 0.2) is 47.6 Å². The predicted octanol–water partition coefficient (Wildman–Crippen LogP) is 4.90. The molecule has 2 aliphatic rings. The molecule has 41 heavy (non-hydrogen) atoms. The fraction of sp³-hybridized carbons (Fsp3) is 0.448. The van der Waals surface area contributed by atoms with Gasteiger partial charge >= 0.3 is 0 Å². The predicted molar refractivity (Wildman–Crippen MR) is 161 cm³/mol. The monoisotopic (exact) mass is 599 g/mol. The van der Waals surface area contributed by atoms with Gasteiger partial charge < -0.3 is 15.7 Å². The van der Waals surface area contributed by atoms with Crippen LogP contribution in [-0.4, -0.2) is 86.6 Å². The van der Waals surface area contributed by atoms with Gasteiger partial charge in [-0.1, -0.05) is 11.6 Å². The lowest BCUT2D eigenvalue weighted by Gasteiger charge is -2.46. The van der Waals surface area contributed by atoms with Crippen LogP contribution in [0.3, 0.4) is 0 Å². The molecular weight excluding hydrogens is 565 g/mol. The van der Waals surface area contributed by atoms with E-state index in [9.17, 15) is 14.3 Å². The van der Waals surface area contributed by atoms with Gasteiger partial charge in [0.2, 0.25) is 5.91 Å². The van der Waals surface area contributed by atoms with Crippen LogP contribution in [-0.2, 0) is 4.79 Å². The molecule has 1 aliphatic carbocycles. The molecule has 1 aromatic carbocycles. The van der Waals surface area contributed by atoms with Crippen LogP contribution in [0.4, 0.5) is 21.6 Å². The van der Waals surface area contributed by atoms with Crippen molar-refractivity contribution in [3.8, 4) is 11.3 Å². The number of aliphatic hydroxyl groups is 1. The Bertz CT molecular complexity index is 1370. The number of aliphatic hydroxyl groups excluding tert-OH is 1. The van der Waals surface area contributed by atoms with Gasteiger partial charge in [0.05, 0.1) is 18.0 Å². The van der Waals surface area contributed by atoms with Crippen LogP contribution < -0.4 is 10.6 Å². The Labute approximate surface area is 248 Å². The highest BCUT2D eigenvalue weighted by atomic mass is 35.5. The zero-order valence-corrected chi connectivity index (χ0v) is 24.8. The quantitative estimate of drug-likeness (QED) is 0.280. The molecule has 0 bridgehead atoms. The van der Waals surface area contributed by atoms with Gasteiger partial charge in [-0.2, -0.15) is 0 Å². The number of rotatable bonds is 10. The molecule has 12 heteroatoms. The lowest BCUT2D eigenvalue weighted by molar-refractivity contribution is -0.124. The Hall–Kier alpha value is -2.83. The summed E-state index contributed by atoms with van der Waals surface area (Å²) >= 11 is 7.41. The number of hydrogen-bond acceptors (Lipinski definition) is 9. The van der Waals surface area contributed by atoms with E-state index in [0.29, 0.717) is 50.8 Å².